The largest absolute Gasteiger partial charge is 2.00 e. The Labute approximate surface area is 47.7 Å². The SMILES string of the molecule is [CH2-]CC.[CH3-].[Ru+2]. The molecule has 0 nitrogen and oxygen atoms in total. The predicted molar refractivity (Wildman–Crippen MR) is 22.1 cm³/mol. The molecule has 0 aliphatic rings. The first-order chi connectivity index (χ1) is 1.41. The first-order valence-corrected chi connectivity index (χ1v) is 1.21. The minimum atomic E-state index is 0. The van der Waals surface area contributed by atoms with E-state index in [1.54, 1.807) is 0 Å². The topological polar surface area (TPSA) is 0 Å². The smallest absolute Gasteiger partial charge is 0.358 e. The van der Waals surface area contributed by atoms with Gasteiger partial charge in [0, 0.05) is 0 Å². The van der Waals surface area contributed by atoms with Crippen LogP contribution in [-0.4, -0.2) is 0 Å². The molecule has 0 fully saturated rings. The van der Waals surface area contributed by atoms with E-state index in [2.05, 4.69) is 6.92 Å². The fraction of sp³-hybridized carbons (Fsp3) is 0.500. The molecule has 0 N–H and O–H groups in total. The maximum atomic E-state index is 3.49. The Kier molecular flexibility index (Phi) is 80.5. The number of rotatable bonds is 0. The van der Waals surface area contributed by atoms with Crippen LogP contribution in [-0.2, 0) is 19.5 Å². The van der Waals surface area contributed by atoms with Gasteiger partial charge in [-0.3, -0.25) is 0 Å². The van der Waals surface area contributed by atoms with Crippen LogP contribution in [0.5, 0.6) is 0 Å². The summed E-state index contributed by atoms with van der Waals surface area (Å²) in [4.78, 5) is 0. The van der Waals surface area contributed by atoms with Crippen LogP contribution in [0.2, 0.25) is 0 Å². The molecule has 1 heteroatoms. The maximum absolute atomic E-state index is 3.49. The Morgan fingerprint density at radius 3 is 1.60 bits per heavy atom. The molecular weight excluding hydrogens is 149 g/mol. The second kappa shape index (κ2) is 23.0. The zero-order valence-corrected chi connectivity index (χ0v) is 5.51. The van der Waals surface area contributed by atoms with Gasteiger partial charge in [0.25, 0.3) is 0 Å². The van der Waals surface area contributed by atoms with Crippen molar-refractivity contribution in [1.82, 2.24) is 0 Å². The van der Waals surface area contributed by atoms with E-state index in [-0.39, 0.29) is 26.9 Å². The monoisotopic (exact) mass is 160 g/mol. The summed E-state index contributed by atoms with van der Waals surface area (Å²) in [6.45, 7) is 5.50. The Balaban J connectivity index is -0.0000000200. The quantitative estimate of drug-likeness (QED) is 0.372. The van der Waals surface area contributed by atoms with E-state index < -0.39 is 0 Å². The predicted octanol–water partition coefficient (Wildman–Crippen LogP) is 1.68. The summed E-state index contributed by atoms with van der Waals surface area (Å²) in [6, 6.07) is 0. The van der Waals surface area contributed by atoms with Gasteiger partial charge in [0.05, 0.1) is 0 Å². The van der Waals surface area contributed by atoms with Gasteiger partial charge in [0.2, 0.25) is 0 Å². The molecule has 0 aromatic carbocycles. The molecule has 0 amide bonds. The molecule has 34 valence electrons. The molecule has 0 unspecified atom stereocenters. The van der Waals surface area contributed by atoms with E-state index in [1.165, 1.54) is 0 Å². The van der Waals surface area contributed by atoms with Gasteiger partial charge in [-0.05, 0) is 0 Å². The van der Waals surface area contributed by atoms with Crippen LogP contribution in [0.3, 0.4) is 0 Å². The molecule has 0 atom stereocenters. The zero-order valence-electron chi connectivity index (χ0n) is 3.77. The van der Waals surface area contributed by atoms with Crippen molar-refractivity contribution < 1.29 is 19.5 Å². The third-order valence-corrected chi connectivity index (χ3v) is 0. The van der Waals surface area contributed by atoms with Crippen LogP contribution in [0, 0.1) is 14.4 Å². The van der Waals surface area contributed by atoms with Crippen LogP contribution in [0.25, 0.3) is 0 Å². The van der Waals surface area contributed by atoms with Crippen LogP contribution in [0.4, 0.5) is 0 Å². The molecule has 0 rings (SSSR count). The van der Waals surface area contributed by atoms with Gasteiger partial charge in [0.1, 0.15) is 0 Å². The average molecular weight is 159 g/mol. The molecule has 0 saturated heterocycles. The molecule has 0 aliphatic heterocycles. The molecule has 0 heterocycles. The summed E-state index contributed by atoms with van der Waals surface area (Å²) in [7, 11) is 0. The molecular formula is C4H10Ru. The first kappa shape index (κ1) is 17.5. The van der Waals surface area contributed by atoms with Crippen molar-refractivity contribution in [2.45, 2.75) is 13.3 Å². The van der Waals surface area contributed by atoms with Crippen molar-refractivity contribution in [3.8, 4) is 0 Å². The van der Waals surface area contributed by atoms with Gasteiger partial charge in [-0.25, -0.2) is 0 Å². The van der Waals surface area contributed by atoms with Gasteiger partial charge in [0.15, 0.2) is 0 Å². The van der Waals surface area contributed by atoms with E-state index in [9.17, 15) is 0 Å². The van der Waals surface area contributed by atoms with E-state index >= 15 is 0 Å². The Bertz CT molecular complexity index is 3.61. The molecule has 0 aromatic heterocycles. The van der Waals surface area contributed by atoms with Gasteiger partial charge >= 0.3 is 19.5 Å². The van der Waals surface area contributed by atoms with Crippen molar-refractivity contribution in [3.05, 3.63) is 14.4 Å². The molecule has 0 bridgehead atoms. The maximum Gasteiger partial charge on any atom is 2.00 e. The Morgan fingerprint density at radius 1 is 1.60 bits per heavy atom. The second-order valence-corrected chi connectivity index (χ2v) is 0.500. The van der Waals surface area contributed by atoms with Gasteiger partial charge in [-0.2, -0.15) is 6.42 Å². The van der Waals surface area contributed by atoms with Crippen molar-refractivity contribution >= 4 is 0 Å². The van der Waals surface area contributed by atoms with Crippen molar-refractivity contribution in [1.29, 1.82) is 0 Å². The molecule has 5 heavy (non-hydrogen) atoms. The fourth-order valence-electron chi connectivity index (χ4n) is 0. The van der Waals surface area contributed by atoms with Crippen LogP contribution < -0.4 is 0 Å². The fourth-order valence-corrected chi connectivity index (χ4v) is 0. The molecule has 0 aromatic rings. The van der Waals surface area contributed by atoms with Crippen molar-refractivity contribution in [2.24, 2.45) is 0 Å². The van der Waals surface area contributed by atoms with Gasteiger partial charge in [-0.15, -0.1) is 0 Å². The second-order valence-electron chi connectivity index (χ2n) is 0.500. The molecule has 0 saturated carbocycles. The van der Waals surface area contributed by atoms with E-state index in [0.29, 0.717) is 0 Å². The summed E-state index contributed by atoms with van der Waals surface area (Å²) < 4.78 is 0. The minimum absolute atomic E-state index is 0. The normalized spacial score (nSPS) is 3.60. The van der Waals surface area contributed by atoms with Crippen molar-refractivity contribution in [3.63, 3.8) is 0 Å². The van der Waals surface area contributed by atoms with E-state index in [4.69, 9.17) is 0 Å². The third kappa shape index (κ3) is 81.9. The Hall–Kier alpha value is 0.623. The minimum Gasteiger partial charge on any atom is -0.358 e. The Morgan fingerprint density at radius 2 is 1.60 bits per heavy atom. The van der Waals surface area contributed by atoms with Crippen LogP contribution in [0.15, 0.2) is 0 Å². The third-order valence-electron chi connectivity index (χ3n) is 0. The van der Waals surface area contributed by atoms with E-state index in [1.807, 2.05) is 6.92 Å². The summed E-state index contributed by atoms with van der Waals surface area (Å²) >= 11 is 0. The van der Waals surface area contributed by atoms with Gasteiger partial charge < -0.3 is 14.4 Å². The molecule has 0 aliphatic carbocycles. The summed E-state index contributed by atoms with van der Waals surface area (Å²) in [5, 5.41) is 0. The first-order valence-electron chi connectivity index (χ1n) is 1.21. The molecule has 0 spiro atoms. The average Bonchev–Trinajstić information content (AvgIpc) is 0.918. The van der Waals surface area contributed by atoms with E-state index in [0.717, 1.165) is 6.42 Å². The van der Waals surface area contributed by atoms with Gasteiger partial charge in [-0.1, -0.05) is 6.92 Å². The van der Waals surface area contributed by atoms with Crippen LogP contribution in [0.1, 0.15) is 13.3 Å². The summed E-state index contributed by atoms with van der Waals surface area (Å²) in [6.07, 6.45) is 1.00. The summed E-state index contributed by atoms with van der Waals surface area (Å²) in [5.41, 5.74) is 0. The zero-order chi connectivity index (χ0) is 2.71. The number of hydrogen-bond acceptors (Lipinski definition) is 0. The standard InChI is InChI=1S/C3H7.CH3.Ru/c1-3-2;;/h1,3H2,2H3;1H3;/q2*-1;+2. The van der Waals surface area contributed by atoms with Crippen LogP contribution >= 0.6 is 0 Å². The summed E-state index contributed by atoms with van der Waals surface area (Å²) in [5.74, 6) is 0. The van der Waals surface area contributed by atoms with Crippen molar-refractivity contribution in [2.75, 3.05) is 0 Å². The molecule has 0 radical (unpaired) electrons. The number of hydrogen-bond donors (Lipinski definition) is 0.